The average Bonchev–Trinajstić information content (AvgIpc) is 3.19. The van der Waals surface area contributed by atoms with Crippen molar-refractivity contribution in [1.29, 1.82) is 0 Å². The van der Waals surface area contributed by atoms with E-state index in [0.717, 1.165) is 51.7 Å². The number of thiophene rings is 1. The van der Waals surface area contributed by atoms with Gasteiger partial charge in [0.25, 0.3) is 0 Å². The number of carbonyl (C=O) groups is 1. The highest BCUT2D eigenvalue weighted by atomic mass is 32.1. The monoisotopic (exact) mass is 336 g/mol. The second-order valence-electron chi connectivity index (χ2n) is 6.88. The zero-order valence-electron chi connectivity index (χ0n) is 14.0. The summed E-state index contributed by atoms with van der Waals surface area (Å²) >= 11 is 1.82. The Bertz CT molecular complexity index is 483. The van der Waals surface area contributed by atoms with Crippen molar-refractivity contribution in [3.63, 3.8) is 0 Å². The van der Waals surface area contributed by atoms with Gasteiger partial charge in [-0.05, 0) is 50.5 Å². The number of nitrogens with zero attached hydrogens (tertiary/aromatic N) is 1. The summed E-state index contributed by atoms with van der Waals surface area (Å²) < 4.78 is 5.78. The molecule has 3 heterocycles. The van der Waals surface area contributed by atoms with Crippen molar-refractivity contribution in [1.82, 2.24) is 10.2 Å². The summed E-state index contributed by atoms with van der Waals surface area (Å²) in [4.78, 5) is 16.0. The second kappa shape index (κ2) is 8.27. The molecule has 2 aliphatic heterocycles. The fraction of sp³-hybridized carbons (Fsp3) is 0.722. The van der Waals surface area contributed by atoms with E-state index in [2.05, 4.69) is 34.7 Å². The molecule has 0 aromatic carbocycles. The average molecular weight is 337 g/mol. The van der Waals surface area contributed by atoms with E-state index in [0.29, 0.717) is 24.7 Å². The van der Waals surface area contributed by atoms with Gasteiger partial charge >= 0.3 is 0 Å². The molecule has 4 nitrogen and oxygen atoms in total. The summed E-state index contributed by atoms with van der Waals surface area (Å²) in [5.74, 6) is 0.199. The highest BCUT2D eigenvalue weighted by molar-refractivity contribution is 7.09. The third-order valence-corrected chi connectivity index (χ3v) is 5.79. The van der Waals surface area contributed by atoms with Crippen molar-refractivity contribution in [3.8, 4) is 0 Å². The van der Waals surface area contributed by atoms with Crippen LogP contribution in [0.2, 0.25) is 0 Å². The molecular weight excluding hydrogens is 308 g/mol. The lowest BCUT2D eigenvalue weighted by molar-refractivity contribution is -0.122. The Kier molecular flexibility index (Phi) is 6.08. The van der Waals surface area contributed by atoms with E-state index in [4.69, 9.17) is 4.74 Å². The predicted molar refractivity (Wildman–Crippen MR) is 93.6 cm³/mol. The molecule has 23 heavy (non-hydrogen) atoms. The van der Waals surface area contributed by atoms with E-state index in [-0.39, 0.29) is 5.91 Å². The van der Waals surface area contributed by atoms with Crippen LogP contribution in [0.1, 0.15) is 50.3 Å². The number of piperidine rings is 1. The quantitative estimate of drug-likeness (QED) is 0.867. The van der Waals surface area contributed by atoms with E-state index in [1.165, 1.54) is 4.88 Å². The lowest BCUT2D eigenvalue weighted by atomic mass is 10.0. The topological polar surface area (TPSA) is 41.6 Å². The maximum Gasteiger partial charge on any atom is 0.220 e. The van der Waals surface area contributed by atoms with Crippen LogP contribution in [-0.2, 0) is 16.1 Å². The third-order valence-electron chi connectivity index (χ3n) is 4.93. The number of carbonyl (C=O) groups excluding carboxylic acids is 1. The molecule has 1 aromatic rings. The fourth-order valence-electron chi connectivity index (χ4n) is 3.55. The molecule has 2 aliphatic rings. The van der Waals surface area contributed by atoms with Crippen molar-refractivity contribution in [2.45, 2.75) is 70.2 Å². The van der Waals surface area contributed by atoms with E-state index in [9.17, 15) is 4.79 Å². The number of amides is 1. The van der Waals surface area contributed by atoms with Crippen LogP contribution in [-0.4, -0.2) is 42.1 Å². The Hall–Kier alpha value is -0.910. The lowest BCUT2D eigenvalue weighted by Gasteiger charge is -2.32. The summed E-state index contributed by atoms with van der Waals surface area (Å²) in [7, 11) is 0. The Morgan fingerprint density at radius 2 is 2.17 bits per heavy atom. The summed E-state index contributed by atoms with van der Waals surface area (Å²) in [6.07, 6.45) is 6.51. The van der Waals surface area contributed by atoms with Crippen molar-refractivity contribution in [2.75, 3.05) is 13.1 Å². The van der Waals surface area contributed by atoms with Gasteiger partial charge in [-0.15, -0.1) is 11.3 Å². The van der Waals surface area contributed by atoms with Crippen molar-refractivity contribution in [3.05, 3.63) is 22.4 Å². The molecule has 0 bridgehead atoms. The number of hydrogen-bond donors (Lipinski definition) is 1. The van der Waals surface area contributed by atoms with Crippen LogP contribution in [0.25, 0.3) is 0 Å². The first-order valence-corrected chi connectivity index (χ1v) is 9.76. The van der Waals surface area contributed by atoms with Gasteiger partial charge in [-0.1, -0.05) is 6.07 Å². The largest absolute Gasteiger partial charge is 0.375 e. The number of hydrogen-bond acceptors (Lipinski definition) is 4. The van der Waals surface area contributed by atoms with Gasteiger partial charge in [-0.2, -0.15) is 0 Å². The van der Waals surface area contributed by atoms with Crippen LogP contribution in [0.3, 0.4) is 0 Å². The smallest absolute Gasteiger partial charge is 0.220 e. The zero-order valence-corrected chi connectivity index (χ0v) is 14.8. The van der Waals surface area contributed by atoms with Gasteiger partial charge in [-0.3, -0.25) is 9.69 Å². The molecule has 0 saturated carbocycles. The maximum atomic E-state index is 12.1. The van der Waals surface area contributed by atoms with E-state index < -0.39 is 0 Å². The van der Waals surface area contributed by atoms with Crippen molar-refractivity contribution >= 4 is 17.2 Å². The lowest BCUT2D eigenvalue weighted by Crippen LogP contribution is -2.44. The van der Waals surface area contributed by atoms with Gasteiger partial charge in [0.1, 0.15) is 0 Å². The molecule has 0 aliphatic carbocycles. The van der Waals surface area contributed by atoms with Gasteiger partial charge in [0.2, 0.25) is 5.91 Å². The van der Waals surface area contributed by atoms with E-state index in [1.807, 2.05) is 11.3 Å². The van der Waals surface area contributed by atoms with Crippen LogP contribution in [0.5, 0.6) is 0 Å². The highest BCUT2D eigenvalue weighted by Gasteiger charge is 2.24. The first-order valence-electron chi connectivity index (χ1n) is 8.88. The Morgan fingerprint density at radius 3 is 2.83 bits per heavy atom. The first-order chi connectivity index (χ1) is 11.2. The fourth-order valence-corrected chi connectivity index (χ4v) is 4.29. The standard InChI is InChI=1S/C18H28N2O2S/c1-14-4-5-16(22-14)6-7-18(21)19-15-8-10-20(11-9-15)13-17-3-2-12-23-17/h2-3,12,14-16H,4-11,13H2,1H3,(H,19,21)/t14-,16-/m0/s1. The van der Waals surface area contributed by atoms with Crippen LogP contribution < -0.4 is 5.32 Å². The summed E-state index contributed by atoms with van der Waals surface area (Å²) in [5, 5.41) is 5.35. The van der Waals surface area contributed by atoms with Gasteiger partial charge in [0.15, 0.2) is 0 Å². The minimum atomic E-state index is 0.199. The predicted octanol–water partition coefficient (Wildman–Crippen LogP) is 3.18. The molecule has 3 rings (SSSR count). The number of likely N-dealkylation sites (tertiary alicyclic amines) is 1. The molecule has 2 atom stereocenters. The molecule has 0 unspecified atom stereocenters. The molecule has 0 radical (unpaired) electrons. The van der Waals surface area contributed by atoms with Crippen LogP contribution in [0, 0.1) is 0 Å². The Balaban J connectivity index is 1.31. The number of ether oxygens (including phenoxy) is 1. The van der Waals surface area contributed by atoms with E-state index in [1.54, 1.807) is 0 Å². The molecule has 5 heteroatoms. The molecule has 1 N–H and O–H groups in total. The summed E-state index contributed by atoms with van der Waals surface area (Å²) in [5.41, 5.74) is 0. The van der Waals surface area contributed by atoms with Gasteiger partial charge in [-0.25, -0.2) is 0 Å². The summed E-state index contributed by atoms with van der Waals surface area (Å²) in [6, 6.07) is 4.66. The number of rotatable bonds is 6. The van der Waals surface area contributed by atoms with E-state index >= 15 is 0 Å². The zero-order chi connectivity index (χ0) is 16.1. The molecule has 0 spiro atoms. The van der Waals surface area contributed by atoms with Gasteiger partial charge in [0, 0.05) is 37.0 Å². The molecule has 2 fully saturated rings. The molecule has 128 valence electrons. The SMILES string of the molecule is C[C@H]1CC[C@@H](CCC(=O)NC2CCN(Cc3cccs3)CC2)O1. The van der Waals surface area contributed by atoms with Crippen molar-refractivity contribution in [2.24, 2.45) is 0 Å². The van der Waals surface area contributed by atoms with Crippen molar-refractivity contribution < 1.29 is 9.53 Å². The highest BCUT2D eigenvalue weighted by Crippen LogP contribution is 2.22. The van der Waals surface area contributed by atoms with Crippen LogP contribution in [0.4, 0.5) is 0 Å². The minimum Gasteiger partial charge on any atom is -0.375 e. The Labute approximate surface area is 143 Å². The van der Waals surface area contributed by atoms with Crippen LogP contribution in [0.15, 0.2) is 17.5 Å². The second-order valence-corrected chi connectivity index (χ2v) is 7.91. The molecule has 2 saturated heterocycles. The first kappa shape index (κ1) is 16.9. The maximum absolute atomic E-state index is 12.1. The molecule has 1 aromatic heterocycles. The minimum absolute atomic E-state index is 0.199. The van der Waals surface area contributed by atoms with Crippen LogP contribution >= 0.6 is 11.3 Å². The van der Waals surface area contributed by atoms with Gasteiger partial charge in [0.05, 0.1) is 12.2 Å². The Morgan fingerprint density at radius 1 is 1.35 bits per heavy atom. The molecular formula is C18H28N2O2S. The summed E-state index contributed by atoms with van der Waals surface area (Å²) in [6.45, 7) is 5.32. The number of nitrogens with one attached hydrogen (secondary N) is 1. The molecule has 1 amide bonds. The normalized spacial score (nSPS) is 26.5. The van der Waals surface area contributed by atoms with Gasteiger partial charge < -0.3 is 10.1 Å². The third kappa shape index (κ3) is 5.30.